The van der Waals surface area contributed by atoms with E-state index in [1.54, 1.807) is 19.1 Å². The first-order valence-electron chi connectivity index (χ1n) is 5.16. The molecule has 0 aliphatic heterocycles. The minimum atomic E-state index is -0.188. The van der Waals surface area contributed by atoms with Crippen LogP contribution in [0.4, 0.5) is 0 Å². The van der Waals surface area contributed by atoms with E-state index >= 15 is 0 Å². The van der Waals surface area contributed by atoms with Gasteiger partial charge in [0.1, 0.15) is 5.75 Å². The first-order chi connectivity index (χ1) is 7.65. The first kappa shape index (κ1) is 12.1. The zero-order valence-corrected chi connectivity index (χ0v) is 9.29. The summed E-state index contributed by atoms with van der Waals surface area (Å²) in [4.78, 5) is 11.6. The minimum Gasteiger partial charge on any atom is -0.508 e. The van der Waals surface area contributed by atoms with E-state index in [1.165, 1.54) is 6.07 Å². The molecule has 0 unspecified atom stereocenters. The Morgan fingerprint density at radius 1 is 1.56 bits per heavy atom. The van der Waals surface area contributed by atoms with E-state index in [9.17, 15) is 9.90 Å². The summed E-state index contributed by atoms with van der Waals surface area (Å²) in [5, 5.41) is 12.2. The summed E-state index contributed by atoms with van der Waals surface area (Å²) in [6.45, 7) is 2.33. The van der Waals surface area contributed by atoms with Crippen molar-refractivity contribution in [1.82, 2.24) is 5.32 Å². The summed E-state index contributed by atoms with van der Waals surface area (Å²) in [5.74, 6) is 2.45. The molecule has 3 heteroatoms. The van der Waals surface area contributed by atoms with Crippen LogP contribution in [-0.4, -0.2) is 17.6 Å². The summed E-state index contributed by atoms with van der Waals surface area (Å²) in [5.41, 5.74) is 1.22. The number of phenols is 1. The Morgan fingerprint density at radius 2 is 2.31 bits per heavy atom. The summed E-state index contributed by atoms with van der Waals surface area (Å²) in [7, 11) is 0. The average Bonchev–Trinajstić information content (AvgIpc) is 2.28. The van der Waals surface area contributed by atoms with Crippen LogP contribution in [0.2, 0.25) is 0 Å². The first-order valence-corrected chi connectivity index (χ1v) is 5.16. The topological polar surface area (TPSA) is 49.3 Å². The zero-order valence-electron chi connectivity index (χ0n) is 9.29. The molecular weight excluding hydrogens is 202 g/mol. The fourth-order valence-corrected chi connectivity index (χ4v) is 1.25. The Labute approximate surface area is 95.5 Å². The van der Waals surface area contributed by atoms with Crippen molar-refractivity contribution in [2.24, 2.45) is 0 Å². The number of nitrogens with one attached hydrogen (secondary N) is 1. The third kappa shape index (κ3) is 3.32. The molecule has 0 heterocycles. The number of hydrogen-bond donors (Lipinski definition) is 2. The minimum absolute atomic E-state index is 0.135. The highest BCUT2D eigenvalue weighted by molar-refractivity contribution is 5.94. The molecule has 3 nitrogen and oxygen atoms in total. The Kier molecular flexibility index (Phi) is 4.41. The molecule has 1 aromatic rings. The van der Waals surface area contributed by atoms with Gasteiger partial charge in [-0.1, -0.05) is 6.07 Å². The van der Waals surface area contributed by atoms with Gasteiger partial charge < -0.3 is 10.4 Å². The summed E-state index contributed by atoms with van der Waals surface area (Å²) < 4.78 is 0. The number of rotatable bonds is 4. The second-order valence-electron chi connectivity index (χ2n) is 3.56. The maximum Gasteiger partial charge on any atom is 0.251 e. The van der Waals surface area contributed by atoms with Gasteiger partial charge in [-0.15, -0.1) is 12.3 Å². The number of unbranched alkanes of at least 4 members (excludes halogenated alkanes) is 1. The van der Waals surface area contributed by atoms with E-state index in [1.807, 2.05) is 0 Å². The van der Waals surface area contributed by atoms with Crippen LogP contribution in [0.5, 0.6) is 5.75 Å². The number of hydrogen-bond acceptors (Lipinski definition) is 2. The highest BCUT2D eigenvalue weighted by Gasteiger charge is 2.06. The molecule has 0 atom stereocenters. The van der Waals surface area contributed by atoms with E-state index in [0.717, 1.165) is 12.0 Å². The molecule has 0 spiro atoms. The number of carbonyl (C=O) groups excluding carboxylic acids is 1. The van der Waals surface area contributed by atoms with Crippen molar-refractivity contribution in [3.05, 3.63) is 29.3 Å². The lowest BCUT2D eigenvalue weighted by Crippen LogP contribution is -2.24. The maximum absolute atomic E-state index is 11.6. The number of phenolic OH excluding ortho intramolecular Hbond substituents is 1. The Bertz CT molecular complexity index is 418. The zero-order chi connectivity index (χ0) is 12.0. The van der Waals surface area contributed by atoms with E-state index in [4.69, 9.17) is 6.42 Å². The van der Waals surface area contributed by atoms with Crippen molar-refractivity contribution in [2.45, 2.75) is 19.8 Å². The van der Waals surface area contributed by atoms with Crippen molar-refractivity contribution in [2.75, 3.05) is 6.54 Å². The molecule has 1 rings (SSSR count). The number of amides is 1. The lowest BCUT2D eigenvalue weighted by atomic mass is 10.1. The van der Waals surface area contributed by atoms with Gasteiger partial charge in [0.05, 0.1) is 0 Å². The summed E-state index contributed by atoms with van der Waals surface area (Å²) >= 11 is 0. The molecule has 0 bridgehead atoms. The molecule has 1 aromatic carbocycles. The highest BCUT2D eigenvalue weighted by atomic mass is 16.3. The van der Waals surface area contributed by atoms with Crippen LogP contribution in [0.1, 0.15) is 28.8 Å². The van der Waals surface area contributed by atoms with Crippen molar-refractivity contribution < 1.29 is 9.90 Å². The normalized spacial score (nSPS) is 9.50. The fraction of sp³-hybridized carbons (Fsp3) is 0.308. The number of aryl methyl sites for hydroxylation is 1. The van der Waals surface area contributed by atoms with Gasteiger partial charge >= 0.3 is 0 Å². The Morgan fingerprint density at radius 3 is 2.94 bits per heavy atom. The fourth-order valence-electron chi connectivity index (χ4n) is 1.25. The number of aromatic hydroxyl groups is 1. The van der Waals surface area contributed by atoms with Gasteiger partial charge in [0.25, 0.3) is 5.91 Å². The quantitative estimate of drug-likeness (QED) is 0.597. The van der Waals surface area contributed by atoms with Crippen LogP contribution in [0.15, 0.2) is 18.2 Å². The molecule has 16 heavy (non-hydrogen) atoms. The van der Waals surface area contributed by atoms with Crippen LogP contribution in [0, 0.1) is 19.3 Å². The van der Waals surface area contributed by atoms with Crippen LogP contribution < -0.4 is 5.32 Å². The van der Waals surface area contributed by atoms with Gasteiger partial charge in [0.2, 0.25) is 0 Å². The van der Waals surface area contributed by atoms with Gasteiger partial charge in [0, 0.05) is 18.5 Å². The van der Waals surface area contributed by atoms with E-state index < -0.39 is 0 Å². The van der Waals surface area contributed by atoms with Gasteiger partial charge in [-0.05, 0) is 31.0 Å². The molecule has 2 N–H and O–H groups in total. The Balaban J connectivity index is 2.53. The summed E-state index contributed by atoms with van der Waals surface area (Å²) in [6, 6.07) is 4.86. The molecule has 0 radical (unpaired) electrons. The molecule has 84 valence electrons. The van der Waals surface area contributed by atoms with Gasteiger partial charge in [-0.3, -0.25) is 4.79 Å². The van der Waals surface area contributed by atoms with Crippen LogP contribution in [0.25, 0.3) is 0 Å². The van der Waals surface area contributed by atoms with Gasteiger partial charge in [-0.2, -0.15) is 0 Å². The van der Waals surface area contributed by atoms with Crippen molar-refractivity contribution in [3.8, 4) is 18.1 Å². The number of benzene rings is 1. The molecular formula is C13H15NO2. The average molecular weight is 217 g/mol. The van der Waals surface area contributed by atoms with E-state index in [2.05, 4.69) is 11.2 Å². The molecule has 0 saturated carbocycles. The third-order valence-electron chi connectivity index (χ3n) is 2.25. The predicted molar refractivity (Wildman–Crippen MR) is 63.2 cm³/mol. The molecule has 0 aliphatic rings. The van der Waals surface area contributed by atoms with Gasteiger partial charge in [0.15, 0.2) is 0 Å². The predicted octanol–water partition coefficient (Wildman–Crippen LogP) is 1.84. The lowest BCUT2D eigenvalue weighted by molar-refractivity contribution is 0.0953. The monoisotopic (exact) mass is 217 g/mol. The smallest absolute Gasteiger partial charge is 0.251 e. The molecule has 0 aromatic heterocycles. The Hall–Kier alpha value is -1.95. The SMILES string of the molecule is C#CCCCNC(=O)c1ccc(C)c(O)c1. The number of terminal acetylenes is 1. The standard InChI is InChI=1S/C13H15NO2/c1-3-4-5-8-14-13(16)11-7-6-10(2)12(15)9-11/h1,6-7,9,15H,4-5,8H2,2H3,(H,14,16). The molecule has 0 saturated heterocycles. The highest BCUT2D eigenvalue weighted by Crippen LogP contribution is 2.17. The number of carbonyl (C=O) groups is 1. The molecule has 0 fully saturated rings. The molecule has 0 aliphatic carbocycles. The van der Waals surface area contributed by atoms with Crippen molar-refractivity contribution in [1.29, 1.82) is 0 Å². The van der Waals surface area contributed by atoms with Crippen molar-refractivity contribution >= 4 is 5.91 Å². The van der Waals surface area contributed by atoms with E-state index in [-0.39, 0.29) is 11.7 Å². The second-order valence-corrected chi connectivity index (χ2v) is 3.56. The largest absolute Gasteiger partial charge is 0.508 e. The second kappa shape index (κ2) is 5.82. The lowest BCUT2D eigenvalue weighted by Gasteiger charge is -2.05. The van der Waals surface area contributed by atoms with Crippen LogP contribution in [-0.2, 0) is 0 Å². The molecule has 1 amide bonds. The van der Waals surface area contributed by atoms with E-state index in [0.29, 0.717) is 18.5 Å². The maximum atomic E-state index is 11.6. The van der Waals surface area contributed by atoms with Gasteiger partial charge in [-0.25, -0.2) is 0 Å². The van der Waals surface area contributed by atoms with Crippen molar-refractivity contribution in [3.63, 3.8) is 0 Å². The van der Waals surface area contributed by atoms with Crippen LogP contribution in [0.3, 0.4) is 0 Å². The summed E-state index contributed by atoms with van der Waals surface area (Å²) in [6.07, 6.45) is 6.51. The third-order valence-corrected chi connectivity index (χ3v) is 2.25. The van der Waals surface area contributed by atoms with Crippen LogP contribution >= 0.6 is 0 Å².